The maximum Gasteiger partial charge on any atom is 0.229 e. The number of fused-ring (bicyclic) bond motifs is 1. The Kier molecular flexibility index (Phi) is 3.76. The molecule has 104 valence electrons. The quantitative estimate of drug-likeness (QED) is 0.913. The summed E-state index contributed by atoms with van der Waals surface area (Å²) in [7, 11) is 0. The molecule has 1 aliphatic rings. The number of rotatable bonds is 3. The molecule has 2 heterocycles. The molecule has 4 nitrogen and oxygen atoms in total. The SMILES string of the molecule is O=C(NCc1ccco1)C1CNCc2cccc(Cl)c21. The third-order valence-electron chi connectivity index (χ3n) is 3.49. The lowest BCUT2D eigenvalue weighted by molar-refractivity contribution is -0.122. The van der Waals surface area contributed by atoms with Crippen LogP contribution in [0.5, 0.6) is 0 Å². The summed E-state index contributed by atoms with van der Waals surface area (Å²) in [5, 5.41) is 6.80. The summed E-state index contributed by atoms with van der Waals surface area (Å²) in [4.78, 5) is 12.4. The fourth-order valence-electron chi connectivity index (χ4n) is 2.51. The van der Waals surface area contributed by atoms with E-state index in [9.17, 15) is 4.79 Å². The molecule has 1 amide bonds. The number of benzene rings is 1. The van der Waals surface area contributed by atoms with Gasteiger partial charge in [0.05, 0.1) is 18.7 Å². The van der Waals surface area contributed by atoms with Gasteiger partial charge in [0.2, 0.25) is 5.91 Å². The molecule has 0 saturated heterocycles. The van der Waals surface area contributed by atoms with Crippen molar-refractivity contribution in [3.05, 3.63) is 58.5 Å². The maximum absolute atomic E-state index is 12.4. The van der Waals surface area contributed by atoms with Gasteiger partial charge in [-0.3, -0.25) is 4.79 Å². The van der Waals surface area contributed by atoms with Gasteiger partial charge in [-0.2, -0.15) is 0 Å². The summed E-state index contributed by atoms with van der Waals surface area (Å²) >= 11 is 6.25. The number of halogens is 1. The van der Waals surface area contributed by atoms with E-state index in [1.807, 2.05) is 24.3 Å². The molecule has 0 fully saturated rings. The first kappa shape index (κ1) is 13.2. The second-order valence-corrected chi connectivity index (χ2v) is 5.20. The standard InChI is InChI=1S/C15H15ClN2O2/c16-13-5-1-3-10-7-17-9-12(14(10)13)15(19)18-8-11-4-2-6-20-11/h1-6,12,17H,7-9H2,(H,18,19). The topological polar surface area (TPSA) is 54.3 Å². The molecule has 1 atom stereocenters. The summed E-state index contributed by atoms with van der Waals surface area (Å²) in [5.41, 5.74) is 2.02. The number of hydrogen-bond donors (Lipinski definition) is 2. The Hall–Kier alpha value is -1.78. The number of nitrogens with one attached hydrogen (secondary N) is 2. The summed E-state index contributed by atoms with van der Waals surface area (Å²) in [6, 6.07) is 9.38. The van der Waals surface area contributed by atoms with Crippen LogP contribution in [-0.4, -0.2) is 12.5 Å². The van der Waals surface area contributed by atoms with E-state index in [0.29, 0.717) is 18.1 Å². The van der Waals surface area contributed by atoms with Crippen LogP contribution in [0.15, 0.2) is 41.0 Å². The van der Waals surface area contributed by atoms with Crippen molar-refractivity contribution in [1.29, 1.82) is 0 Å². The normalized spacial score (nSPS) is 17.6. The van der Waals surface area contributed by atoms with E-state index in [4.69, 9.17) is 16.0 Å². The maximum atomic E-state index is 12.4. The van der Waals surface area contributed by atoms with Gasteiger partial charge in [-0.05, 0) is 29.3 Å². The number of hydrogen-bond acceptors (Lipinski definition) is 3. The second-order valence-electron chi connectivity index (χ2n) is 4.79. The Balaban J connectivity index is 1.76. The van der Waals surface area contributed by atoms with Gasteiger partial charge in [-0.25, -0.2) is 0 Å². The van der Waals surface area contributed by atoms with Gasteiger partial charge in [-0.15, -0.1) is 0 Å². The van der Waals surface area contributed by atoms with E-state index >= 15 is 0 Å². The number of furan rings is 1. The number of amides is 1. The molecule has 3 rings (SSSR count). The van der Waals surface area contributed by atoms with Gasteiger partial charge >= 0.3 is 0 Å². The van der Waals surface area contributed by atoms with Crippen LogP contribution < -0.4 is 10.6 Å². The minimum atomic E-state index is -0.262. The minimum absolute atomic E-state index is 0.0389. The van der Waals surface area contributed by atoms with Crippen molar-refractivity contribution in [2.75, 3.05) is 6.54 Å². The lowest BCUT2D eigenvalue weighted by atomic mass is 9.90. The van der Waals surface area contributed by atoms with E-state index in [1.165, 1.54) is 0 Å². The second kappa shape index (κ2) is 5.69. The number of carbonyl (C=O) groups is 1. The monoisotopic (exact) mass is 290 g/mol. The van der Waals surface area contributed by atoms with Crippen LogP contribution in [0, 0.1) is 0 Å². The van der Waals surface area contributed by atoms with Crippen LogP contribution in [-0.2, 0) is 17.9 Å². The van der Waals surface area contributed by atoms with E-state index in [0.717, 1.165) is 23.4 Å². The largest absolute Gasteiger partial charge is 0.467 e. The molecule has 0 bridgehead atoms. The Morgan fingerprint density at radius 3 is 3.10 bits per heavy atom. The molecule has 1 aromatic heterocycles. The number of carbonyl (C=O) groups excluding carboxylic acids is 1. The van der Waals surface area contributed by atoms with E-state index in [1.54, 1.807) is 12.3 Å². The zero-order valence-corrected chi connectivity index (χ0v) is 11.6. The smallest absolute Gasteiger partial charge is 0.229 e. The van der Waals surface area contributed by atoms with Gasteiger partial charge in [0.1, 0.15) is 5.76 Å². The van der Waals surface area contributed by atoms with Crippen molar-refractivity contribution in [2.45, 2.75) is 19.0 Å². The highest BCUT2D eigenvalue weighted by atomic mass is 35.5. The zero-order valence-electron chi connectivity index (χ0n) is 10.9. The van der Waals surface area contributed by atoms with Crippen LogP contribution in [0.3, 0.4) is 0 Å². The minimum Gasteiger partial charge on any atom is -0.467 e. The molecule has 2 aromatic rings. The van der Waals surface area contributed by atoms with Crippen LogP contribution in [0.1, 0.15) is 22.8 Å². The third-order valence-corrected chi connectivity index (χ3v) is 3.82. The highest BCUT2D eigenvalue weighted by molar-refractivity contribution is 6.31. The van der Waals surface area contributed by atoms with Crippen LogP contribution in [0.4, 0.5) is 0 Å². The predicted octanol–water partition coefficient (Wildman–Crippen LogP) is 2.44. The Bertz CT molecular complexity index is 610. The van der Waals surface area contributed by atoms with E-state index in [2.05, 4.69) is 10.6 Å². The molecule has 1 aromatic carbocycles. The van der Waals surface area contributed by atoms with Gasteiger partial charge < -0.3 is 15.1 Å². The fraction of sp³-hybridized carbons (Fsp3) is 0.267. The van der Waals surface area contributed by atoms with Gasteiger partial charge in [-0.1, -0.05) is 23.7 Å². The molecular weight excluding hydrogens is 276 g/mol. The van der Waals surface area contributed by atoms with Crippen LogP contribution in [0.25, 0.3) is 0 Å². The lowest BCUT2D eigenvalue weighted by Crippen LogP contribution is -2.38. The Morgan fingerprint density at radius 2 is 2.30 bits per heavy atom. The third kappa shape index (κ3) is 2.57. The first-order chi connectivity index (χ1) is 9.75. The van der Waals surface area contributed by atoms with Gasteiger partial charge in [0, 0.05) is 18.1 Å². The van der Waals surface area contributed by atoms with E-state index < -0.39 is 0 Å². The van der Waals surface area contributed by atoms with Crippen LogP contribution in [0.2, 0.25) is 5.02 Å². The molecular formula is C15H15ClN2O2. The van der Waals surface area contributed by atoms with Crippen molar-refractivity contribution in [1.82, 2.24) is 10.6 Å². The summed E-state index contributed by atoms with van der Waals surface area (Å²) < 4.78 is 5.21. The van der Waals surface area contributed by atoms with Crippen molar-refractivity contribution in [3.8, 4) is 0 Å². The first-order valence-electron chi connectivity index (χ1n) is 6.54. The average molecular weight is 291 g/mol. The van der Waals surface area contributed by atoms with Gasteiger partial charge in [0.15, 0.2) is 0 Å². The molecule has 1 unspecified atom stereocenters. The zero-order chi connectivity index (χ0) is 13.9. The van der Waals surface area contributed by atoms with Crippen molar-refractivity contribution >= 4 is 17.5 Å². The first-order valence-corrected chi connectivity index (χ1v) is 6.91. The summed E-state index contributed by atoms with van der Waals surface area (Å²) in [6.07, 6.45) is 1.59. The van der Waals surface area contributed by atoms with Crippen molar-refractivity contribution in [3.63, 3.8) is 0 Å². The molecule has 0 radical (unpaired) electrons. The molecule has 0 spiro atoms. The predicted molar refractivity (Wildman–Crippen MR) is 76.5 cm³/mol. The van der Waals surface area contributed by atoms with Gasteiger partial charge in [0.25, 0.3) is 0 Å². The fourth-order valence-corrected chi connectivity index (χ4v) is 2.84. The van der Waals surface area contributed by atoms with Crippen molar-refractivity contribution < 1.29 is 9.21 Å². The van der Waals surface area contributed by atoms with Crippen LogP contribution >= 0.6 is 11.6 Å². The highest BCUT2D eigenvalue weighted by Crippen LogP contribution is 2.31. The van der Waals surface area contributed by atoms with E-state index in [-0.39, 0.29) is 11.8 Å². The Morgan fingerprint density at radius 1 is 1.40 bits per heavy atom. The molecule has 0 saturated carbocycles. The molecule has 20 heavy (non-hydrogen) atoms. The molecule has 0 aliphatic carbocycles. The van der Waals surface area contributed by atoms with Crippen molar-refractivity contribution in [2.24, 2.45) is 0 Å². The average Bonchev–Trinajstić information content (AvgIpc) is 2.98. The summed E-state index contributed by atoms with van der Waals surface area (Å²) in [5.74, 6) is 0.437. The Labute approximate surface area is 122 Å². The summed E-state index contributed by atoms with van der Waals surface area (Å²) in [6.45, 7) is 1.74. The molecule has 5 heteroatoms. The highest BCUT2D eigenvalue weighted by Gasteiger charge is 2.28. The molecule has 2 N–H and O–H groups in total. The lowest BCUT2D eigenvalue weighted by Gasteiger charge is -2.26. The molecule has 1 aliphatic heterocycles.